The highest BCUT2D eigenvalue weighted by Gasteiger charge is 2.52. The summed E-state index contributed by atoms with van der Waals surface area (Å²) in [6.07, 6.45) is 2.00. The summed E-state index contributed by atoms with van der Waals surface area (Å²) >= 11 is 1.24. The van der Waals surface area contributed by atoms with Gasteiger partial charge in [-0.15, -0.1) is 0 Å². The van der Waals surface area contributed by atoms with E-state index in [2.05, 4.69) is 0 Å². The Balaban J connectivity index is 2.35. The highest BCUT2D eigenvalue weighted by Crippen LogP contribution is 2.39. The Morgan fingerprint density at radius 1 is 1.24 bits per heavy atom. The largest absolute Gasteiger partial charge is 0.491 e. The van der Waals surface area contributed by atoms with Gasteiger partial charge in [0.15, 0.2) is 5.12 Å². The van der Waals surface area contributed by atoms with Gasteiger partial charge in [-0.2, -0.15) is 0 Å². The van der Waals surface area contributed by atoms with Crippen molar-refractivity contribution in [2.75, 3.05) is 5.75 Å². The summed E-state index contributed by atoms with van der Waals surface area (Å²) in [6.45, 7) is 11.6. The van der Waals surface area contributed by atoms with Crippen molar-refractivity contribution in [2.45, 2.75) is 59.4 Å². The quantitative estimate of drug-likeness (QED) is 0.808. The molecule has 0 radical (unpaired) electrons. The molecule has 2 rings (SSSR count). The zero-order chi connectivity index (χ0) is 18.8. The minimum absolute atomic E-state index is 0.00152. The fourth-order valence-electron chi connectivity index (χ4n) is 2.52. The van der Waals surface area contributed by atoms with Gasteiger partial charge in [0.1, 0.15) is 0 Å². The van der Waals surface area contributed by atoms with Crippen LogP contribution >= 0.6 is 11.8 Å². The molecule has 6 heteroatoms. The number of benzene rings is 1. The Kier molecular flexibility index (Phi) is 6.20. The smallest absolute Gasteiger partial charge is 0.400 e. The first-order chi connectivity index (χ1) is 11.6. The van der Waals surface area contributed by atoms with Crippen LogP contribution in [0.15, 0.2) is 23.7 Å². The van der Waals surface area contributed by atoms with Crippen molar-refractivity contribution in [1.82, 2.24) is 0 Å². The second-order valence-electron chi connectivity index (χ2n) is 7.43. The molecule has 25 heavy (non-hydrogen) atoms. The Labute approximate surface area is 155 Å². The molecule has 1 aromatic carbocycles. The minimum atomic E-state index is -0.490. The number of aliphatic hydroxyl groups excluding tert-OH is 1. The third-order valence-electron chi connectivity index (χ3n) is 4.89. The van der Waals surface area contributed by atoms with Gasteiger partial charge in [-0.25, -0.2) is 0 Å². The topological polar surface area (TPSA) is 55.8 Å². The predicted octanol–water partition coefficient (Wildman–Crippen LogP) is 3.78. The maximum atomic E-state index is 11.4. The van der Waals surface area contributed by atoms with Crippen LogP contribution in [0.3, 0.4) is 0 Å². The van der Waals surface area contributed by atoms with Gasteiger partial charge >= 0.3 is 7.12 Å². The van der Waals surface area contributed by atoms with Crippen LogP contribution in [-0.2, 0) is 20.7 Å². The number of aryl methyl sites for hydroxylation is 1. The zero-order valence-corrected chi connectivity index (χ0v) is 16.7. The summed E-state index contributed by atoms with van der Waals surface area (Å²) in [6, 6.07) is 5.94. The van der Waals surface area contributed by atoms with Crippen molar-refractivity contribution in [3.05, 3.63) is 40.4 Å². The molecule has 0 saturated carbocycles. The summed E-state index contributed by atoms with van der Waals surface area (Å²) in [4.78, 5) is 11.4. The average Bonchev–Trinajstić information content (AvgIpc) is 2.73. The van der Waals surface area contributed by atoms with Crippen molar-refractivity contribution >= 4 is 30.1 Å². The van der Waals surface area contributed by atoms with Gasteiger partial charge in [0.25, 0.3) is 0 Å². The minimum Gasteiger partial charge on any atom is -0.400 e. The molecule has 0 aromatic heterocycles. The number of thioether (sulfide) groups is 1. The molecule has 1 saturated heterocycles. The van der Waals surface area contributed by atoms with E-state index in [1.807, 2.05) is 58.9 Å². The molecule has 1 aliphatic rings. The maximum Gasteiger partial charge on any atom is 0.491 e. The highest BCUT2D eigenvalue weighted by atomic mass is 32.2. The number of hydrogen-bond acceptors (Lipinski definition) is 5. The Hall–Kier alpha value is -1.08. The Morgan fingerprint density at radius 3 is 2.36 bits per heavy atom. The molecule has 1 heterocycles. The molecular formula is C19H27BO4S. The molecule has 0 amide bonds. The van der Waals surface area contributed by atoms with E-state index < -0.39 is 18.3 Å². The normalized spacial score (nSPS) is 19.3. The molecule has 0 atom stereocenters. The Morgan fingerprint density at radius 2 is 1.84 bits per heavy atom. The van der Waals surface area contributed by atoms with Crippen molar-refractivity contribution in [2.24, 2.45) is 0 Å². The van der Waals surface area contributed by atoms with Gasteiger partial charge < -0.3 is 14.4 Å². The van der Waals surface area contributed by atoms with Gasteiger partial charge in [-0.1, -0.05) is 30.0 Å². The molecule has 1 aromatic rings. The number of aliphatic hydroxyl groups is 1. The molecular weight excluding hydrogens is 335 g/mol. The molecule has 4 nitrogen and oxygen atoms in total. The molecule has 0 bridgehead atoms. The number of rotatable bonds is 5. The first-order valence-corrected chi connectivity index (χ1v) is 9.44. The van der Waals surface area contributed by atoms with Crippen molar-refractivity contribution < 1.29 is 19.2 Å². The van der Waals surface area contributed by atoms with Gasteiger partial charge in [0, 0.05) is 12.7 Å². The van der Waals surface area contributed by atoms with Crippen LogP contribution in [0.5, 0.6) is 0 Å². The van der Waals surface area contributed by atoms with E-state index in [9.17, 15) is 9.90 Å². The number of carbonyl (C=O) groups is 1. The fraction of sp³-hybridized carbons (Fsp3) is 0.526. The van der Waals surface area contributed by atoms with Crippen LogP contribution in [-0.4, -0.2) is 34.3 Å². The van der Waals surface area contributed by atoms with Crippen LogP contribution in [0, 0.1) is 6.92 Å². The number of hydrogen-bond donors (Lipinski definition) is 1. The standard InChI is InChI=1S/C19H27BO4S/c1-13-7-8-15(9-16(13)11-21)10-17(12-25-14(2)22)20-23-18(3,4)19(5,6)24-20/h7-10,21H,11-12H2,1-6H3. The number of carbonyl (C=O) groups excluding carboxylic acids is 1. The van der Waals surface area contributed by atoms with E-state index in [1.54, 1.807) is 6.92 Å². The van der Waals surface area contributed by atoms with E-state index in [0.29, 0.717) is 5.75 Å². The molecule has 1 aliphatic heterocycles. The lowest BCUT2D eigenvalue weighted by molar-refractivity contribution is -0.109. The van der Waals surface area contributed by atoms with E-state index in [-0.39, 0.29) is 11.7 Å². The summed E-state index contributed by atoms with van der Waals surface area (Å²) in [5, 5.41) is 9.54. The lowest BCUT2D eigenvalue weighted by atomic mass is 9.78. The summed E-state index contributed by atoms with van der Waals surface area (Å²) in [5.41, 5.74) is 2.95. The molecule has 0 spiro atoms. The van der Waals surface area contributed by atoms with Gasteiger partial charge in [-0.3, -0.25) is 4.79 Å². The van der Waals surface area contributed by atoms with E-state index >= 15 is 0 Å². The second-order valence-corrected chi connectivity index (χ2v) is 8.58. The predicted molar refractivity (Wildman–Crippen MR) is 104 cm³/mol. The van der Waals surface area contributed by atoms with Gasteiger partial charge in [0.05, 0.1) is 17.8 Å². The molecule has 136 valence electrons. The third-order valence-corrected chi connectivity index (χ3v) is 5.78. The average molecular weight is 362 g/mol. The molecule has 1 N–H and O–H groups in total. The van der Waals surface area contributed by atoms with E-state index in [4.69, 9.17) is 9.31 Å². The van der Waals surface area contributed by atoms with Gasteiger partial charge in [0.2, 0.25) is 0 Å². The first-order valence-electron chi connectivity index (χ1n) is 8.45. The lowest BCUT2D eigenvalue weighted by Gasteiger charge is -2.32. The van der Waals surface area contributed by atoms with Crippen LogP contribution < -0.4 is 0 Å². The molecule has 0 aliphatic carbocycles. The highest BCUT2D eigenvalue weighted by molar-refractivity contribution is 8.13. The van der Waals surface area contributed by atoms with E-state index in [1.165, 1.54) is 11.8 Å². The maximum absolute atomic E-state index is 11.4. The SMILES string of the molecule is CC(=O)SCC(=Cc1ccc(C)c(CO)c1)B1OC(C)(C)C(C)(C)O1. The molecule has 1 fully saturated rings. The Bertz CT molecular complexity index is 666. The second kappa shape index (κ2) is 7.66. The monoisotopic (exact) mass is 362 g/mol. The van der Waals surface area contributed by atoms with Crippen LogP contribution in [0.4, 0.5) is 0 Å². The summed E-state index contributed by atoms with van der Waals surface area (Å²) in [7, 11) is -0.490. The van der Waals surface area contributed by atoms with E-state index in [0.717, 1.165) is 22.2 Å². The zero-order valence-electron chi connectivity index (χ0n) is 15.9. The van der Waals surface area contributed by atoms with Crippen molar-refractivity contribution in [1.29, 1.82) is 0 Å². The van der Waals surface area contributed by atoms with Crippen molar-refractivity contribution in [3.63, 3.8) is 0 Å². The first kappa shape index (κ1) is 20.2. The van der Waals surface area contributed by atoms with Crippen LogP contribution in [0.2, 0.25) is 0 Å². The summed E-state index contributed by atoms with van der Waals surface area (Å²) in [5.74, 6) is 0.508. The fourth-order valence-corrected chi connectivity index (χ4v) is 3.11. The molecule has 0 unspecified atom stereocenters. The third kappa shape index (κ3) is 4.76. The van der Waals surface area contributed by atoms with Crippen LogP contribution in [0.1, 0.15) is 51.3 Å². The van der Waals surface area contributed by atoms with Crippen LogP contribution in [0.25, 0.3) is 6.08 Å². The lowest BCUT2D eigenvalue weighted by Crippen LogP contribution is -2.41. The van der Waals surface area contributed by atoms with Crippen molar-refractivity contribution in [3.8, 4) is 0 Å². The van der Waals surface area contributed by atoms with Gasteiger partial charge in [-0.05, 0) is 62.8 Å². The summed E-state index contributed by atoms with van der Waals surface area (Å²) < 4.78 is 12.3.